The highest BCUT2D eigenvalue weighted by Crippen LogP contribution is 2.41. The van der Waals surface area contributed by atoms with Crippen LogP contribution >= 0.6 is 0 Å². The van der Waals surface area contributed by atoms with Crippen LogP contribution in [0.4, 0.5) is 5.69 Å². The first-order chi connectivity index (χ1) is 12.3. The molecule has 25 heavy (non-hydrogen) atoms. The lowest BCUT2D eigenvalue weighted by Crippen LogP contribution is -2.31. The fraction of sp³-hybridized carbons (Fsp3) is 0.409. The zero-order valence-corrected chi connectivity index (χ0v) is 14.7. The Morgan fingerprint density at radius 3 is 2.44 bits per heavy atom. The Morgan fingerprint density at radius 1 is 0.920 bits per heavy atom. The van der Waals surface area contributed by atoms with Gasteiger partial charge in [-0.1, -0.05) is 30.3 Å². The van der Waals surface area contributed by atoms with E-state index in [4.69, 9.17) is 5.26 Å². The predicted molar refractivity (Wildman–Crippen MR) is 102 cm³/mol. The second-order valence-electron chi connectivity index (χ2n) is 7.59. The molecule has 2 fully saturated rings. The maximum Gasteiger partial charge on any atom is 0.0991 e. The van der Waals surface area contributed by atoms with Gasteiger partial charge in [-0.3, -0.25) is 0 Å². The molecule has 0 saturated carbocycles. The monoisotopic (exact) mass is 331 g/mol. The third-order valence-corrected chi connectivity index (χ3v) is 5.88. The van der Waals surface area contributed by atoms with E-state index in [1.807, 2.05) is 12.1 Å². The van der Waals surface area contributed by atoms with E-state index >= 15 is 0 Å². The molecule has 128 valence electrons. The number of nitrogens with zero attached hydrogens (tertiary/aromatic N) is 3. The summed E-state index contributed by atoms with van der Waals surface area (Å²) in [5, 5.41) is 8.95. The fourth-order valence-corrected chi connectivity index (χ4v) is 4.39. The lowest BCUT2D eigenvalue weighted by atomic mass is 9.86. The van der Waals surface area contributed by atoms with Crippen molar-refractivity contribution in [3.8, 4) is 6.07 Å². The number of anilines is 1. The molecule has 2 aromatic rings. The molecule has 1 spiro atoms. The Hall–Kier alpha value is -2.31. The molecule has 0 N–H and O–H groups in total. The predicted octanol–water partition coefficient (Wildman–Crippen LogP) is 3.70. The Morgan fingerprint density at radius 2 is 1.68 bits per heavy atom. The Labute approximate surface area is 150 Å². The summed E-state index contributed by atoms with van der Waals surface area (Å²) in [6.07, 6.45) is 3.75. The van der Waals surface area contributed by atoms with E-state index in [1.165, 1.54) is 43.7 Å². The van der Waals surface area contributed by atoms with Crippen LogP contribution < -0.4 is 4.90 Å². The van der Waals surface area contributed by atoms with Crippen molar-refractivity contribution in [1.29, 1.82) is 5.26 Å². The SMILES string of the molecule is N#Cc1ccc(N2CCC3(CCN(CCc4ccccc4)C3)C2)cc1. The van der Waals surface area contributed by atoms with Gasteiger partial charge in [0.15, 0.2) is 0 Å². The summed E-state index contributed by atoms with van der Waals surface area (Å²) in [7, 11) is 0. The molecule has 0 amide bonds. The number of likely N-dealkylation sites (tertiary alicyclic amines) is 1. The molecule has 2 saturated heterocycles. The molecule has 2 aromatic carbocycles. The summed E-state index contributed by atoms with van der Waals surface area (Å²) in [4.78, 5) is 5.15. The Kier molecular flexibility index (Phi) is 4.46. The average molecular weight is 331 g/mol. The molecule has 2 aliphatic rings. The third kappa shape index (κ3) is 3.55. The first-order valence-corrected chi connectivity index (χ1v) is 9.28. The average Bonchev–Trinajstić information content (AvgIpc) is 3.28. The van der Waals surface area contributed by atoms with Crippen molar-refractivity contribution in [2.45, 2.75) is 19.3 Å². The maximum absolute atomic E-state index is 8.95. The van der Waals surface area contributed by atoms with E-state index in [9.17, 15) is 0 Å². The van der Waals surface area contributed by atoms with Gasteiger partial charge in [-0.05, 0) is 55.6 Å². The molecule has 4 rings (SSSR count). The van der Waals surface area contributed by atoms with Crippen molar-refractivity contribution in [2.24, 2.45) is 5.41 Å². The second-order valence-corrected chi connectivity index (χ2v) is 7.59. The van der Waals surface area contributed by atoms with Gasteiger partial charge in [0, 0.05) is 37.3 Å². The summed E-state index contributed by atoms with van der Waals surface area (Å²) >= 11 is 0. The Balaban J connectivity index is 1.34. The molecule has 1 atom stereocenters. The van der Waals surface area contributed by atoms with E-state index < -0.39 is 0 Å². The summed E-state index contributed by atoms with van der Waals surface area (Å²) < 4.78 is 0. The van der Waals surface area contributed by atoms with Gasteiger partial charge in [0.1, 0.15) is 0 Å². The molecular weight excluding hydrogens is 306 g/mol. The molecule has 3 nitrogen and oxygen atoms in total. The summed E-state index contributed by atoms with van der Waals surface area (Å²) in [6, 6.07) is 21.1. The molecular formula is C22H25N3. The second kappa shape index (κ2) is 6.90. The van der Waals surface area contributed by atoms with Gasteiger partial charge in [0.2, 0.25) is 0 Å². The van der Waals surface area contributed by atoms with Crippen LogP contribution in [-0.2, 0) is 6.42 Å². The highest BCUT2D eigenvalue weighted by Gasteiger charge is 2.43. The van der Waals surface area contributed by atoms with Gasteiger partial charge < -0.3 is 9.80 Å². The standard InChI is InChI=1S/C22H25N3/c23-16-20-6-8-21(9-7-20)25-15-12-22(18-25)11-14-24(17-22)13-10-19-4-2-1-3-5-19/h1-9H,10-15,17-18H2. The number of rotatable bonds is 4. The van der Waals surface area contributed by atoms with Crippen LogP contribution in [0.25, 0.3) is 0 Å². The fourth-order valence-electron chi connectivity index (χ4n) is 4.39. The van der Waals surface area contributed by atoms with Gasteiger partial charge in [-0.2, -0.15) is 5.26 Å². The topological polar surface area (TPSA) is 30.3 Å². The van der Waals surface area contributed by atoms with Crippen molar-refractivity contribution in [2.75, 3.05) is 37.6 Å². The molecule has 3 heteroatoms. The van der Waals surface area contributed by atoms with Crippen molar-refractivity contribution in [1.82, 2.24) is 4.90 Å². The van der Waals surface area contributed by atoms with Crippen LogP contribution in [0, 0.1) is 16.7 Å². The smallest absolute Gasteiger partial charge is 0.0991 e. The van der Waals surface area contributed by atoms with Gasteiger partial charge in [0.25, 0.3) is 0 Å². The minimum Gasteiger partial charge on any atom is -0.371 e. The maximum atomic E-state index is 8.95. The van der Waals surface area contributed by atoms with E-state index in [0.29, 0.717) is 5.41 Å². The third-order valence-electron chi connectivity index (χ3n) is 5.88. The first kappa shape index (κ1) is 16.2. The lowest BCUT2D eigenvalue weighted by Gasteiger charge is -2.25. The van der Waals surface area contributed by atoms with E-state index in [0.717, 1.165) is 25.1 Å². The largest absolute Gasteiger partial charge is 0.371 e. The van der Waals surface area contributed by atoms with Crippen LogP contribution in [0.5, 0.6) is 0 Å². The summed E-state index contributed by atoms with van der Waals surface area (Å²) in [5.74, 6) is 0. The number of benzene rings is 2. The number of nitriles is 1. The van der Waals surface area contributed by atoms with Gasteiger partial charge >= 0.3 is 0 Å². The first-order valence-electron chi connectivity index (χ1n) is 9.28. The van der Waals surface area contributed by atoms with E-state index in [1.54, 1.807) is 0 Å². The highest BCUT2D eigenvalue weighted by molar-refractivity contribution is 5.51. The summed E-state index contributed by atoms with van der Waals surface area (Å²) in [6.45, 7) is 5.92. The van der Waals surface area contributed by atoms with E-state index in [-0.39, 0.29) is 0 Å². The van der Waals surface area contributed by atoms with Crippen LogP contribution in [0.3, 0.4) is 0 Å². The van der Waals surface area contributed by atoms with Crippen molar-refractivity contribution >= 4 is 5.69 Å². The molecule has 0 aromatic heterocycles. The molecule has 2 aliphatic heterocycles. The zero-order chi connectivity index (χ0) is 17.1. The Bertz CT molecular complexity index is 747. The minimum absolute atomic E-state index is 0.463. The minimum atomic E-state index is 0.463. The molecule has 0 radical (unpaired) electrons. The van der Waals surface area contributed by atoms with E-state index in [2.05, 4.69) is 58.3 Å². The van der Waals surface area contributed by atoms with Crippen molar-refractivity contribution in [3.05, 3.63) is 65.7 Å². The quantitative estimate of drug-likeness (QED) is 0.856. The van der Waals surface area contributed by atoms with Crippen molar-refractivity contribution in [3.63, 3.8) is 0 Å². The van der Waals surface area contributed by atoms with Gasteiger partial charge in [-0.25, -0.2) is 0 Å². The van der Waals surface area contributed by atoms with Crippen LogP contribution in [0.15, 0.2) is 54.6 Å². The van der Waals surface area contributed by atoms with Crippen molar-refractivity contribution < 1.29 is 0 Å². The zero-order valence-electron chi connectivity index (χ0n) is 14.7. The van der Waals surface area contributed by atoms with Gasteiger partial charge in [-0.15, -0.1) is 0 Å². The molecule has 2 heterocycles. The molecule has 0 aliphatic carbocycles. The summed E-state index contributed by atoms with van der Waals surface area (Å²) in [5.41, 5.74) is 3.91. The highest BCUT2D eigenvalue weighted by atomic mass is 15.2. The van der Waals surface area contributed by atoms with Crippen LogP contribution in [0.1, 0.15) is 24.0 Å². The van der Waals surface area contributed by atoms with Gasteiger partial charge in [0.05, 0.1) is 11.6 Å². The normalized spacial score (nSPS) is 23.2. The number of hydrogen-bond donors (Lipinski definition) is 0. The van der Waals surface area contributed by atoms with Crippen LogP contribution in [-0.4, -0.2) is 37.6 Å². The lowest BCUT2D eigenvalue weighted by molar-refractivity contribution is 0.278. The number of hydrogen-bond acceptors (Lipinski definition) is 3. The molecule has 0 bridgehead atoms. The molecule has 1 unspecified atom stereocenters. The van der Waals surface area contributed by atoms with Crippen LogP contribution in [0.2, 0.25) is 0 Å².